The minimum absolute atomic E-state index is 0.0962. The van der Waals surface area contributed by atoms with E-state index in [0.717, 1.165) is 34.9 Å². The highest BCUT2D eigenvalue weighted by Gasteiger charge is 2.14. The number of amides is 1. The van der Waals surface area contributed by atoms with Crippen molar-refractivity contribution in [2.75, 3.05) is 6.54 Å². The number of benzene rings is 1. The van der Waals surface area contributed by atoms with Gasteiger partial charge in [-0.15, -0.1) is 11.3 Å². The van der Waals surface area contributed by atoms with Crippen LogP contribution in [0.3, 0.4) is 0 Å². The summed E-state index contributed by atoms with van der Waals surface area (Å²) in [5, 5.41) is 4.56. The summed E-state index contributed by atoms with van der Waals surface area (Å²) < 4.78 is 0.875. The average molecular weight is 352 g/mol. The second-order valence-corrected chi connectivity index (χ2v) is 7.52. The highest BCUT2D eigenvalue weighted by atomic mass is 32.1. The van der Waals surface area contributed by atoms with Gasteiger partial charge in [0, 0.05) is 22.1 Å². The minimum atomic E-state index is -0.142. The molecule has 2 heterocycles. The van der Waals surface area contributed by atoms with Crippen molar-refractivity contribution in [2.45, 2.75) is 32.1 Å². The van der Waals surface area contributed by atoms with Gasteiger partial charge in [-0.3, -0.25) is 9.59 Å². The van der Waals surface area contributed by atoms with Crippen molar-refractivity contribution < 1.29 is 4.79 Å². The molecule has 0 fully saturated rings. The van der Waals surface area contributed by atoms with E-state index >= 15 is 0 Å². The van der Waals surface area contributed by atoms with Gasteiger partial charge in [0.15, 0.2) is 0 Å². The van der Waals surface area contributed by atoms with Crippen LogP contribution in [0, 0.1) is 0 Å². The lowest BCUT2D eigenvalue weighted by Gasteiger charge is -2.12. The van der Waals surface area contributed by atoms with Crippen molar-refractivity contribution in [3.05, 3.63) is 57.2 Å². The van der Waals surface area contributed by atoms with E-state index < -0.39 is 0 Å². The largest absolute Gasteiger partial charge is 0.351 e. The number of thiophene rings is 1. The number of pyridine rings is 1. The zero-order valence-corrected chi connectivity index (χ0v) is 14.7. The molecule has 1 aliphatic rings. The zero-order chi connectivity index (χ0) is 17.2. The van der Waals surface area contributed by atoms with Crippen LogP contribution >= 0.6 is 11.3 Å². The highest BCUT2D eigenvalue weighted by Crippen LogP contribution is 2.29. The molecule has 0 unspecified atom stereocenters. The lowest BCUT2D eigenvalue weighted by atomic mass is 9.97. The molecule has 3 aromatic rings. The first-order valence-electron chi connectivity index (χ1n) is 8.73. The van der Waals surface area contributed by atoms with E-state index in [1.165, 1.54) is 29.8 Å². The second kappa shape index (κ2) is 6.84. The Kier molecular flexibility index (Phi) is 4.40. The molecule has 0 atom stereocenters. The summed E-state index contributed by atoms with van der Waals surface area (Å²) in [6.45, 7) is 0.649. The topological polar surface area (TPSA) is 62.0 Å². The molecule has 0 spiro atoms. The smallest absolute Gasteiger partial charge is 0.261 e. The Morgan fingerprint density at radius 1 is 1.20 bits per heavy atom. The molecule has 0 radical (unpaired) electrons. The molecule has 1 aliphatic carbocycles. The van der Waals surface area contributed by atoms with E-state index in [9.17, 15) is 9.59 Å². The number of hydrogen-bond donors (Lipinski definition) is 2. The van der Waals surface area contributed by atoms with E-state index in [4.69, 9.17) is 0 Å². The summed E-state index contributed by atoms with van der Waals surface area (Å²) in [5.41, 5.74) is 2.11. The number of hydrogen-bond acceptors (Lipinski definition) is 3. The second-order valence-electron chi connectivity index (χ2n) is 6.47. The van der Waals surface area contributed by atoms with Crippen molar-refractivity contribution in [2.24, 2.45) is 0 Å². The first kappa shape index (κ1) is 16.1. The summed E-state index contributed by atoms with van der Waals surface area (Å²) in [7, 11) is 0. The van der Waals surface area contributed by atoms with E-state index in [-0.39, 0.29) is 11.5 Å². The third kappa shape index (κ3) is 3.24. The molecule has 0 saturated carbocycles. The Balaban J connectivity index is 1.55. The zero-order valence-electron chi connectivity index (χ0n) is 13.9. The van der Waals surface area contributed by atoms with Gasteiger partial charge in [-0.2, -0.15) is 0 Å². The van der Waals surface area contributed by atoms with Crippen LogP contribution in [0.1, 0.15) is 41.8 Å². The standard InChI is InChI=1S/C20H20N2O2S/c23-19-15-12-17(20(24)21-11-10-13-6-2-1-3-7-13)25-18(15)14-8-4-5-9-16(14)22-19/h4-6,8-9,12H,1-3,7,10-11H2,(H,21,24)(H,22,23). The molecule has 2 aromatic heterocycles. The molecule has 25 heavy (non-hydrogen) atoms. The molecular weight excluding hydrogens is 332 g/mol. The van der Waals surface area contributed by atoms with Crippen LogP contribution < -0.4 is 10.9 Å². The van der Waals surface area contributed by atoms with Crippen molar-refractivity contribution >= 4 is 38.2 Å². The quantitative estimate of drug-likeness (QED) is 0.685. The third-order valence-electron chi connectivity index (χ3n) is 4.74. The maximum Gasteiger partial charge on any atom is 0.261 e. The number of nitrogens with one attached hydrogen (secondary N) is 2. The summed E-state index contributed by atoms with van der Waals surface area (Å²) in [6.07, 6.45) is 8.07. The summed E-state index contributed by atoms with van der Waals surface area (Å²) in [4.78, 5) is 28.2. The van der Waals surface area contributed by atoms with Crippen LogP contribution in [0.15, 0.2) is 46.8 Å². The van der Waals surface area contributed by atoms with Gasteiger partial charge in [0.25, 0.3) is 11.5 Å². The van der Waals surface area contributed by atoms with E-state index in [1.54, 1.807) is 6.07 Å². The van der Waals surface area contributed by atoms with Crippen molar-refractivity contribution in [1.29, 1.82) is 0 Å². The highest BCUT2D eigenvalue weighted by molar-refractivity contribution is 7.21. The summed E-state index contributed by atoms with van der Waals surface area (Å²) >= 11 is 1.39. The molecule has 4 nitrogen and oxygen atoms in total. The first-order valence-corrected chi connectivity index (χ1v) is 9.55. The fourth-order valence-electron chi connectivity index (χ4n) is 3.41. The number of fused-ring (bicyclic) bond motifs is 3. The number of allylic oxidation sites excluding steroid dienone is 1. The first-order chi connectivity index (χ1) is 12.2. The Morgan fingerprint density at radius 2 is 2.08 bits per heavy atom. The monoisotopic (exact) mass is 352 g/mol. The number of para-hydroxylation sites is 1. The summed E-state index contributed by atoms with van der Waals surface area (Å²) in [6, 6.07) is 9.40. The summed E-state index contributed by atoms with van der Waals surface area (Å²) in [5.74, 6) is -0.0962. The fraction of sp³-hybridized carbons (Fsp3) is 0.300. The lowest BCUT2D eigenvalue weighted by molar-refractivity contribution is 0.0958. The van der Waals surface area contributed by atoms with Gasteiger partial charge in [-0.1, -0.05) is 29.8 Å². The van der Waals surface area contributed by atoms with E-state index in [1.807, 2.05) is 24.3 Å². The molecule has 2 N–H and O–H groups in total. The van der Waals surface area contributed by atoms with Crippen LogP contribution in [0.5, 0.6) is 0 Å². The average Bonchev–Trinajstić information content (AvgIpc) is 3.09. The Morgan fingerprint density at radius 3 is 2.92 bits per heavy atom. The number of aromatic amines is 1. The van der Waals surface area contributed by atoms with Gasteiger partial charge in [0.1, 0.15) is 0 Å². The van der Waals surface area contributed by atoms with Crippen LogP contribution in [-0.4, -0.2) is 17.4 Å². The SMILES string of the molecule is O=C(NCCC1=CCCCC1)c1cc2c(=O)[nH]c3ccccc3c2s1. The van der Waals surface area contributed by atoms with Crippen molar-refractivity contribution in [3.63, 3.8) is 0 Å². The molecule has 0 saturated heterocycles. The van der Waals surface area contributed by atoms with Gasteiger partial charge >= 0.3 is 0 Å². The fourth-order valence-corrected chi connectivity index (χ4v) is 4.52. The molecule has 4 rings (SSSR count). The molecular formula is C20H20N2O2S. The predicted molar refractivity (Wildman–Crippen MR) is 103 cm³/mol. The minimum Gasteiger partial charge on any atom is -0.351 e. The van der Waals surface area contributed by atoms with Gasteiger partial charge < -0.3 is 10.3 Å². The third-order valence-corrected chi connectivity index (χ3v) is 5.90. The van der Waals surface area contributed by atoms with Crippen LogP contribution in [0.4, 0.5) is 0 Å². The molecule has 0 bridgehead atoms. The van der Waals surface area contributed by atoms with Gasteiger partial charge in [-0.25, -0.2) is 0 Å². The molecule has 5 heteroatoms. The molecule has 1 aromatic carbocycles. The van der Waals surface area contributed by atoms with Gasteiger partial charge in [0.2, 0.25) is 0 Å². The van der Waals surface area contributed by atoms with Crippen LogP contribution in [0.25, 0.3) is 21.0 Å². The molecule has 128 valence electrons. The maximum absolute atomic E-state index is 12.5. The van der Waals surface area contributed by atoms with E-state index in [0.29, 0.717) is 16.8 Å². The normalized spacial score (nSPS) is 14.6. The Labute approximate surface area is 149 Å². The number of rotatable bonds is 4. The Hall–Kier alpha value is -2.40. The van der Waals surface area contributed by atoms with Gasteiger partial charge in [-0.05, 0) is 44.2 Å². The van der Waals surface area contributed by atoms with Crippen molar-refractivity contribution in [1.82, 2.24) is 10.3 Å². The van der Waals surface area contributed by atoms with Crippen LogP contribution in [0.2, 0.25) is 0 Å². The lowest BCUT2D eigenvalue weighted by Crippen LogP contribution is -2.24. The predicted octanol–water partition coefficient (Wildman–Crippen LogP) is 4.36. The number of H-pyrrole nitrogens is 1. The molecule has 0 aliphatic heterocycles. The van der Waals surface area contributed by atoms with Gasteiger partial charge in [0.05, 0.1) is 10.3 Å². The number of carbonyl (C=O) groups is 1. The van der Waals surface area contributed by atoms with E-state index in [2.05, 4.69) is 16.4 Å². The maximum atomic E-state index is 12.5. The van der Waals surface area contributed by atoms with Crippen molar-refractivity contribution in [3.8, 4) is 0 Å². The number of aromatic nitrogens is 1. The molecule has 1 amide bonds. The number of carbonyl (C=O) groups excluding carboxylic acids is 1. The van der Waals surface area contributed by atoms with Crippen LogP contribution in [-0.2, 0) is 0 Å². The Bertz CT molecular complexity index is 1030.